The number of rotatable bonds is 0. The van der Waals surface area contributed by atoms with Gasteiger partial charge in [0.2, 0.25) is 0 Å². The van der Waals surface area contributed by atoms with Crippen LogP contribution < -0.4 is 0 Å². The minimum absolute atomic E-state index is 0.845. The van der Waals surface area contributed by atoms with Crippen molar-refractivity contribution in [1.29, 1.82) is 0 Å². The Morgan fingerprint density at radius 1 is 1.56 bits per heavy atom. The molecule has 43 valence electrons. The summed E-state index contributed by atoms with van der Waals surface area (Å²) in [6.45, 7) is 0. The van der Waals surface area contributed by atoms with Crippen LogP contribution in [0.15, 0.2) is 12.4 Å². The van der Waals surface area contributed by atoms with Crippen molar-refractivity contribution in [2.24, 2.45) is 0 Å². The van der Waals surface area contributed by atoms with Gasteiger partial charge in [-0.05, 0) is 11.5 Å². The van der Waals surface area contributed by atoms with E-state index in [1.165, 1.54) is 17.7 Å². The van der Waals surface area contributed by atoms with Crippen molar-refractivity contribution < 1.29 is 0 Å². The maximum atomic E-state index is 3.97. The van der Waals surface area contributed by atoms with Gasteiger partial charge in [-0.1, -0.05) is 0 Å². The number of hydrogen-bond acceptors (Lipinski definition) is 4. The van der Waals surface area contributed by atoms with Crippen molar-refractivity contribution in [3.8, 4) is 0 Å². The first-order valence-electron chi connectivity index (χ1n) is 2.40. The van der Waals surface area contributed by atoms with Crippen molar-refractivity contribution in [3.05, 3.63) is 18.6 Å². The van der Waals surface area contributed by atoms with Gasteiger partial charge in [0, 0.05) is 0 Å². The van der Waals surface area contributed by atoms with E-state index >= 15 is 0 Å². The lowest BCUT2D eigenvalue weighted by atomic mass is 10.6. The fraction of sp³-hybridized carbons (Fsp3) is 0. The maximum Gasteiger partial charge on any atom is 0.162 e. The molecule has 0 aliphatic carbocycles. The van der Waals surface area contributed by atoms with E-state index in [4.69, 9.17) is 0 Å². The minimum Gasteiger partial charge on any atom is -0.250 e. The topological polar surface area (TPSA) is 38.7 Å². The zero-order chi connectivity index (χ0) is 6.10. The molecule has 2 rings (SSSR count). The normalized spacial score (nSPS) is 10.2. The molecule has 0 unspecified atom stereocenters. The Bertz CT molecular complexity index is 286. The van der Waals surface area contributed by atoms with Crippen LogP contribution in [0.25, 0.3) is 10.3 Å². The van der Waals surface area contributed by atoms with Gasteiger partial charge in [0.25, 0.3) is 0 Å². The molecule has 2 aromatic rings. The third-order valence-electron chi connectivity index (χ3n) is 0.961. The van der Waals surface area contributed by atoms with E-state index in [9.17, 15) is 0 Å². The summed E-state index contributed by atoms with van der Waals surface area (Å²) >= 11 is 1.33. The average Bonchev–Trinajstić information content (AvgIpc) is 2.33. The second kappa shape index (κ2) is 1.73. The summed E-state index contributed by atoms with van der Waals surface area (Å²) in [6, 6.07) is 0. The van der Waals surface area contributed by atoms with Crippen LogP contribution in [0.4, 0.5) is 0 Å². The smallest absolute Gasteiger partial charge is 0.162 e. The zero-order valence-corrected chi connectivity index (χ0v) is 5.22. The minimum atomic E-state index is 0.845. The van der Waals surface area contributed by atoms with E-state index in [2.05, 4.69) is 20.5 Å². The Balaban J connectivity index is 2.95. The standard InChI is InChI=1S/C5H2N3S/c1-2-7-5-4(6-1)3-8-9-5/h1,3H. The molecule has 9 heavy (non-hydrogen) atoms. The van der Waals surface area contributed by atoms with Crippen LogP contribution in [0.5, 0.6) is 0 Å². The molecule has 0 aliphatic heterocycles. The number of fused-ring (bicyclic) bond motifs is 1. The molecule has 1 radical (unpaired) electrons. The van der Waals surface area contributed by atoms with Gasteiger partial charge in [0.1, 0.15) is 11.7 Å². The first-order chi connectivity index (χ1) is 4.47. The summed E-state index contributed by atoms with van der Waals surface area (Å²) in [5.74, 6) is 0. The predicted octanol–water partition coefficient (Wildman–Crippen LogP) is 0.886. The first kappa shape index (κ1) is 4.81. The maximum absolute atomic E-state index is 3.97. The van der Waals surface area contributed by atoms with Crippen LogP contribution in [0.2, 0.25) is 0 Å². The quantitative estimate of drug-likeness (QED) is 0.539. The van der Waals surface area contributed by atoms with Crippen molar-refractivity contribution in [2.45, 2.75) is 0 Å². The van der Waals surface area contributed by atoms with E-state index in [0.29, 0.717) is 0 Å². The summed E-state index contributed by atoms with van der Waals surface area (Å²) in [5.41, 5.74) is 0.846. The van der Waals surface area contributed by atoms with Gasteiger partial charge in [-0.25, -0.2) is 9.97 Å². The van der Waals surface area contributed by atoms with Gasteiger partial charge < -0.3 is 0 Å². The number of hydrogen-bond donors (Lipinski definition) is 0. The molecule has 0 atom stereocenters. The lowest BCUT2D eigenvalue weighted by molar-refractivity contribution is 1.30. The molecule has 0 aromatic carbocycles. The lowest BCUT2D eigenvalue weighted by Crippen LogP contribution is -1.73. The van der Waals surface area contributed by atoms with Crippen molar-refractivity contribution in [3.63, 3.8) is 0 Å². The van der Waals surface area contributed by atoms with Crippen LogP contribution in [0, 0.1) is 6.20 Å². The summed E-state index contributed by atoms with van der Waals surface area (Å²) in [7, 11) is 0. The Kier molecular flexibility index (Phi) is 0.927. The molecule has 0 saturated heterocycles. The van der Waals surface area contributed by atoms with Gasteiger partial charge in [-0.3, -0.25) is 0 Å². The van der Waals surface area contributed by atoms with Crippen molar-refractivity contribution >= 4 is 21.9 Å². The Morgan fingerprint density at radius 3 is 3.44 bits per heavy atom. The molecule has 0 amide bonds. The Morgan fingerprint density at radius 2 is 2.56 bits per heavy atom. The SMILES string of the molecule is [c]1cnc2cnsc2n1. The number of aromatic nitrogens is 3. The Labute approximate surface area is 55.6 Å². The molecule has 2 aromatic heterocycles. The first-order valence-corrected chi connectivity index (χ1v) is 3.17. The van der Waals surface area contributed by atoms with Gasteiger partial charge in [0.05, 0.1) is 12.4 Å². The summed E-state index contributed by atoms with van der Waals surface area (Å²) in [5, 5.41) is 0. The fourth-order valence-corrected chi connectivity index (χ4v) is 1.13. The van der Waals surface area contributed by atoms with E-state index in [0.717, 1.165) is 10.3 Å². The summed E-state index contributed by atoms with van der Waals surface area (Å²) in [4.78, 5) is 8.73. The van der Waals surface area contributed by atoms with E-state index in [1.54, 1.807) is 6.20 Å². The van der Waals surface area contributed by atoms with Crippen molar-refractivity contribution in [1.82, 2.24) is 14.3 Å². The van der Waals surface area contributed by atoms with Gasteiger partial charge in [0.15, 0.2) is 4.83 Å². The second-order valence-electron chi connectivity index (χ2n) is 1.52. The highest BCUT2D eigenvalue weighted by molar-refractivity contribution is 7.12. The Hall–Kier alpha value is -1.03. The molecule has 3 nitrogen and oxygen atoms in total. The predicted molar refractivity (Wildman–Crippen MR) is 34.0 cm³/mol. The molecule has 0 saturated carbocycles. The third-order valence-corrected chi connectivity index (χ3v) is 1.64. The van der Waals surface area contributed by atoms with E-state index in [-0.39, 0.29) is 0 Å². The van der Waals surface area contributed by atoms with Gasteiger partial charge >= 0.3 is 0 Å². The van der Waals surface area contributed by atoms with Gasteiger partial charge in [-0.15, -0.1) is 0 Å². The molecule has 0 aliphatic rings. The molecule has 0 N–H and O–H groups in total. The molecule has 0 fully saturated rings. The highest BCUT2D eigenvalue weighted by Crippen LogP contribution is 2.09. The summed E-state index contributed by atoms with van der Waals surface area (Å²) < 4.78 is 3.90. The van der Waals surface area contributed by atoms with Crippen LogP contribution in [0.3, 0.4) is 0 Å². The second-order valence-corrected chi connectivity index (χ2v) is 2.30. The molecular formula is C5H2N3S. The zero-order valence-electron chi connectivity index (χ0n) is 4.40. The molecule has 4 heteroatoms. The molecule has 2 heterocycles. The average molecular weight is 136 g/mol. The lowest BCUT2D eigenvalue weighted by Gasteiger charge is -1.78. The number of nitrogens with zero attached hydrogens (tertiary/aromatic N) is 3. The van der Waals surface area contributed by atoms with E-state index < -0.39 is 0 Å². The highest BCUT2D eigenvalue weighted by atomic mass is 32.1. The van der Waals surface area contributed by atoms with E-state index in [1.807, 2.05) is 0 Å². The molecule has 0 bridgehead atoms. The van der Waals surface area contributed by atoms with Crippen molar-refractivity contribution in [2.75, 3.05) is 0 Å². The van der Waals surface area contributed by atoms with Gasteiger partial charge in [-0.2, -0.15) is 4.37 Å². The van der Waals surface area contributed by atoms with Crippen LogP contribution in [-0.4, -0.2) is 14.3 Å². The van der Waals surface area contributed by atoms with Crippen LogP contribution in [-0.2, 0) is 0 Å². The van der Waals surface area contributed by atoms with Crippen LogP contribution in [0.1, 0.15) is 0 Å². The summed E-state index contributed by atoms with van der Waals surface area (Å²) in [6.07, 6.45) is 5.86. The fourth-order valence-electron chi connectivity index (χ4n) is 0.580. The van der Waals surface area contributed by atoms with Crippen LogP contribution >= 0.6 is 11.5 Å². The monoisotopic (exact) mass is 136 g/mol. The highest BCUT2D eigenvalue weighted by Gasteiger charge is 1.93. The largest absolute Gasteiger partial charge is 0.250 e. The third kappa shape index (κ3) is 0.675. The molecular weight excluding hydrogens is 134 g/mol. The molecule has 0 spiro atoms.